The average molecular weight is 286 g/mol. The van der Waals surface area contributed by atoms with Crippen molar-refractivity contribution in [1.29, 1.82) is 0 Å². The highest BCUT2D eigenvalue weighted by Crippen LogP contribution is 2.46. The minimum absolute atomic E-state index is 0.307. The van der Waals surface area contributed by atoms with E-state index >= 15 is 0 Å². The van der Waals surface area contributed by atoms with Crippen LogP contribution in [0.25, 0.3) is 0 Å². The minimum atomic E-state index is -0.406. The molecule has 3 rings (SSSR count). The first kappa shape index (κ1) is 13.9. The highest BCUT2D eigenvalue weighted by atomic mass is 16.6. The van der Waals surface area contributed by atoms with Crippen molar-refractivity contribution < 1.29 is 19.1 Å². The van der Waals surface area contributed by atoms with Crippen LogP contribution in [0.3, 0.4) is 0 Å². The second-order valence-electron chi connectivity index (χ2n) is 5.85. The number of fused-ring (bicyclic) bond motifs is 3. The Bertz CT molecular complexity index is 648. The van der Waals surface area contributed by atoms with E-state index < -0.39 is 18.2 Å². The quantitative estimate of drug-likeness (QED) is 0.549. The molecule has 0 aromatic carbocycles. The third-order valence-electron chi connectivity index (χ3n) is 4.41. The summed E-state index contributed by atoms with van der Waals surface area (Å²) in [6.45, 7) is 9.27. The normalized spacial score (nSPS) is 31.1. The fraction of sp³-hybridized carbons (Fsp3) is 0.412. The molecule has 1 fully saturated rings. The highest BCUT2D eigenvalue weighted by Gasteiger charge is 2.49. The van der Waals surface area contributed by atoms with Gasteiger partial charge in [0.15, 0.2) is 0 Å². The van der Waals surface area contributed by atoms with E-state index in [1.807, 2.05) is 26.0 Å². The Morgan fingerprint density at radius 3 is 2.76 bits per heavy atom. The second kappa shape index (κ2) is 4.72. The fourth-order valence-corrected chi connectivity index (χ4v) is 3.46. The summed E-state index contributed by atoms with van der Waals surface area (Å²) in [6.07, 6.45) is 3.86. The molecule has 0 N–H and O–H groups in total. The number of carbonyl (C=O) groups excluding carboxylic acids is 2. The Hall–Kier alpha value is -2.10. The van der Waals surface area contributed by atoms with E-state index in [2.05, 4.69) is 6.58 Å². The van der Waals surface area contributed by atoms with Gasteiger partial charge < -0.3 is 9.47 Å². The Morgan fingerprint density at radius 2 is 2.10 bits per heavy atom. The van der Waals surface area contributed by atoms with Gasteiger partial charge in [-0.3, -0.25) is 4.79 Å². The molecule has 4 heteroatoms. The minimum Gasteiger partial charge on any atom is -0.461 e. The number of esters is 2. The molecule has 0 radical (unpaired) electrons. The van der Waals surface area contributed by atoms with E-state index in [0.29, 0.717) is 12.0 Å². The Morgan fingerprint density at radius 1 is 1.38 bits per heavy atom. The van der Waals surface area contributed by atoms with Crippen molar-refractivity contribution in [2.24, 2.45) is 5.92 Å². The van der Waals surface area contributed by atoms with E-state index in [4.69, 9.17) is 9.47 Å². The average Bonchev–Trinajstić information content (AvgIpc) is 2.86. The van der Waals surface area contributed by atoms with Gasteiger partial charge in [0.2, 0.25) is 0 Å². The first-order valence-corrected chi connectivity index (χ1v) is 7.06. The van der Waals surface area contributed by atoms with Gasteiger partial charge in [0, 0.05) is 24.5 Å². The molecule has 3 atom stereocenters. The van der Waals surface area contributed by atoms with Crippen molar-refractivity contribution in [1.82, 2.24) is 0 Å². The maximum Gasteiger partial charge on any atom is 0.334 e. The van der Waals surface area contributed by atoms with Gasteiger partial charge in [-0.1, -0.05) is 24.3 Å². The van der Waals surface area contributed by atoms with E-state index in [9.17, 15) is 9.59 Å². The van der Waals surface area contributed by atoms with Crippen LogP contribution in [0.1, 0.15) is 27.2 Å². The van der Waals surface area contributed by atoms with Gasteiger partial charge in [0.25, 0.3) is 0 Å². The molecular formula is C17H18O4. The van der Waals surface area contributed by atoms with Crippen molar-refractivity contribution in [3.8, 4) is 0 Å². The van der Waals surface area contributed by atoms with E-state index in [1.54, 1.807) is 0 Å². The summed E-state index contributed by atoms with van der Waals surface area (Å²) >= 11 is 0. The van der Waals surface area contributed by atoms with Crippen molar-refractivity contribution in [3.63, 3.8) is 0 Å². The molecule has 0 spiro atoms. The van der Waals surface area contributed by atoms with Crippen molar-refractivity contribution in [2.75, 3.05) is 0 Å². The lowest BCUT2D eigenvalue weighted by molar-refractivity contribution is -0.149. The van der Waals surface area contributed by atoms with Crippen LogP contribution in [0.15, 0.2) is 46.6 Å². The van der Waals surface area contributed by atoms with E-state index in [0.717, 1.165) is 22.3 Å². The predicted octanol–water partition coefficient (Wildman–Crippen LogP) is 2.62. The maximum absolute atomic E-state index is 11.9. The summed E-state index contributed by atoms with van der Waals surface area (Å²) in [4.78, 5) is 23.3. The molecule has 0 saturated carbocycles. The molecule has 21 heavy (non-hydrogen) atoms. The zero-order valence-corrected chi connectivity index (χ0v) is 12.4. The SMILES string of the molecule is C=C1C(=O)O[C@@H]2C3=C(C)C=CC3=C(C)C[C@H](OC(C)=O)[C@@H]12. The van der Waals surface area contributed by atoms with Crippen molar-refractivity contribution >= 4 is 11.9 Å². The first-order chi connectivity index (χ1) is 9.90. The molecule has 0 unspecified atom stereocenters. The molecule has 0 aromatic rings. The monoisotopic (exact) mass is 286 g/mol. The Labute approximate surface area is 123 Å². The fourth-order valence-electron chi connectivity index (χ4n) is 3.46. The van der Waals surface area contributed by atoms with Crippen LogP contribution in [0, 0.1) is 5.92 Å². The van der Waals surface area contributed by atoms with Crippen LogP contribution >= 0.6 is 0 Å². The summed E-state index contributed by atoms with van der Waals surface area (Å²) in [5.74, 6) is -1.05. The largest absolute Gasteiger partial charge is 0.461 e. The van der Waals surface area contributed by atoms with Crippen LogP contribution in [-0.4, -0.2) is 24.1 Å². The molecule has 0 amide bonds. The van der Waals surface area contributed by atoms with Gasteiger partial charge in [0.05, 0.1) is 5.92 Å². The summed E-state index contributed by atoms with van der Waals surface area (Å²) < 4.78 is 11.0. The summed E-state index contributed by atoms with van der Waals surface area (Å²) in [6, 6.07) is 0. The summed E-state index contributed by atoms with van der Waals surface area (Å²) in [7, 11) is 0. The van der Waals surface area contributed by atoms with Crippen LogP contribution in [-0.2, 0) is 19.1 Å². The van der Waals surface area contributed by atoms with Crippen LogP contribution in [0.5, 0.6) is 0 Å². The molecule has 4 nitrogen and oxygen atoms in total. The van der Waals surface area contributed by atoms with Gasteiger partial charge in [-0.05, 0) is 25.0 Å². The van der Waals surface area contributed by atoms with E-state index in [-0.39, 0.29) is 11.9 Å². The second-order valence-corrected chi connectivity index (χ2v) is 5.85. The van der Waals surface area contributed by atoms with Gasteiger partial charge >= 0.3 is 11.9 Å². The molecule has 110 valence electrons. The lowest BCUT2D eigenvalue weighted by atomic mass is 9.86. The number of carbonyl (C=O) groups is 2. The number of ether oxygens (including phenoxy) is 2. The summed E-state index contributed by atoms with van der Waals surface area (Å²) in [5, 5.41) is 0. The summed E-state index contributed by atoms with van der Waals surface area (Å²) in [5.41, 5.74) is 4.75. The van der Waals surface area contributed by atoms with E-state index in [1.165, 1.54) is 6.92 Å². The van der Waals surface area contributed by atoms with Gasteiger partial charge in [-0.15, -0.1) is 0 Å². The molecule has 0 aromatic heterocycles. The van der Waals surface area contributed by atoms with Crippen LogP contribution < -0.4 is 0 Å². The number of hydrogen-bond donors (Lipinski definition) is 0. The molecule has 1 aliphatic heterocycles. The first-order valence-electron chi connectivity index (χ1n) is 7.06. The zero-order chi connectivity index (χ0) is 15.3. The molecular weight excluding hydrogens is 268 g/mol. The number of hydrogen-bond acceptors (Lipinski definition) is 4. The lowest BCUT2D eigenvalue weighted by Gasteiger charge is -2.25. The van der Waals surface area contributed by atoms with Gasteiger partial charge in [0.1, 0.15) is 12.2 Å². The standard InChI is InChI=1S/C17H18O4/c1-8-5-6-12-9(2)7-13(20-11(4)18)15-10(3)17(19)21-16(15)14(8)12/h5-6,13,15-16H,3,7H2,1-2,4H3/t13-,15+,16+/m0/s1. The van der Waals surface area contributed by atoms with Crippen LogP contribution in [0.2, 0.25) is 0 Å². The number of rotatable bonds is 1. The smallest absolute Gasteiger partial charge is 0.334 e. The van der Waals surface area contributed by atoms with Crippen LogP contribution in [0.4, 0.5) is 0 Å². The predicted molar refractivity (Wildman–Crippen MR) is 77.2 cm³/mol. The number of allylic oxidation sites excluding steroid dienone is 3. The Balaban J connectivity index is 2.11. The maximum atomic E-state index is 11.9. The molecule has 1 saturated heterocycles. The Kier molecular flexibility index (Phi) is 3.12. The molecule has 2 aliphatic carbocycles. The topological polar surface area (TPSA) is 52.6 Å². The third kappa shape index (κ3) is 2.06. The molecule has 1 heterocycles. The molecule has 0 bridgehead atoms. The lowest BCUT2D eigenvalue weighted by Crippen LogP contribution is -2.32. The highest BCUT2D eigenvalue weighted by molar-refractivity contribution is 5.92. The zero-order valence-electron chi connectivity index (χ0n) is 12.4. The third-order valence-corrected chi connectivity index (χ3v) is 4.41. The van der Waals surface area contributed by atoms with Gasteiger partial charge in [-0.2, -0.15) is 0 Å². The van der Waals surface area contributed by atoms with Crippen molar-refractivity contribution in [3.05, 3.63) is 46.6 Å². The molecule has 3 aliphatic rings. The van der Waals surface area contributed by atoms with Gasteiger partial charge in [-0.25, -0.2) is 4.79 Å². The van der Waals surface area contributed by atoms with Crippen molar-refractivity contribution in [2.45, 2.75) is 39.4 Å².